The third-order valence-corrected chi connectivity index (χ3v) is 5.67. The molecule has 1 N–H and O–H groups in total. The molecule has 0 bridgehead atoms. The molecule has 5 heteroatoms. The van der Waals surface area contributed by atoms with Crippen molar-refractivity contribution in [2.45, 2.75) is 44.1 Å². The summed E-state index contributed by atoms with van der Waals surface area (Å²) >= 11 is 0. The lowest BCUT2D eigenvalue weighted by molar-refractivity contribution is -0.145. The number of aromatic amines is 1. The van der Waals surface area contributed by atoms with E-state index < -0.39 is 0 Å². The highest BCUT2D eigenvalue weighted by atomic mass is 16.5. The summed E-state index contributed by atoms with van der Waals surface area (Å²) in [6, 6.07) is 7.81. The van der Waals surface area contributed by atoms with Gasteiger partial charge in [-0.15, -0.1) is 0 Å². The molecule has 1 unspecified atom stereocenters. The Morgan fingerprint density at radius 1 is 1.42 bits per heavy atom. The van der Waals surface area contributed by atoms with Crippen LogP contribution >= 0.6 is 0 Å². The van der Waals surface area contributed by atoms with E-state index in [0.29, 0.717) is 0 Å². The van der Waals surface area contributed by atoms with Gasteiger partial charge in [0.25, 0.3) is 0 Å². The van der Waals surface area contributed by atoms with Gasteiger partial charge in [-0.05, 0) is 43.9 Å². The lowest BCUT2D eigenvalue weighted by atomic mass is 9.70. The van der Waals surface area contributed by atoms with Crippen molar-refractivity contribution in [1.29, 1.82) is 0 Å². The topological polar surface area (TPSA) is 58.2 Å². The molecule has 1 amide bonds. The number of amides is 1. The Hall–Kier alpha value is -2.30. The number of hydrogen-bond acceptors (Lipinski definition) is 3. The SMILES string of the molecule is COc1cccc(C(C)C(=O)N2CCc3[nH]cnc3C23CCC3)c1. The number of nitrogens with one attached hydrogen (secondary N) is 1. The molecular formula is C19H23N3O2. The van der Waals surface area contributed by atoms with Crippen LogP contribution in [0.15, 0.2) is 30.6 Å². The second kappa shape index (κ2) is 5.65. The van der Waals surface area contributed by atoms with E-state index in [1.807, 2.05) is 31.2 Å². The van der Waals surface area contributed by atoms with Crippen molar-refractivity contribution in [3.63, 3.8) is 0 Å². The van der Waals surface area contributed by atoms with Crippen molar-refractivity contribution in [3.8, 4) is 5.75 Å². The number of nitrogens with zero attached hydrogens (tertiary/aromatic N) is 2. The predicted molar refractivity (Wildman–Crippen MR) is 90.9 cm³/mol. The molecule has 0 radical (unpaired) electrons. The molecule has 2 aromatic rings. The molecule has 5 nitrogen and oxygen atoms in total. The monoisotopic (exact) mass is 325 g/mol. The summed E-state index contributed by atoms with van der Waals surface area (Å²) < 4.78 is 5.30. The predicted octanol–water partition coefficient (Wildman–Crippen LogP) is 2.99. The van der Waals surface area contributed by atoms with Crippen LogP contribution in [0.5, 0.6) is 5.75 Å². The number of methoxy groups -OCH3 is 1. The first-order valence-electron chi connectivity index (χ1n) is 8.64. The first kappa shape index (κ1) is 15.2. The maximum Gasteiger partial charge on any atom is 0.230 e. The zero-order valence-corrected chi connectivity index (χ0v) is 14.2. The normalized spacial score (nSPS) is 19.5. The van der Waals surface area contributed by atoms with Gasteiger partial charge in [-0.1, -0.05) is 12.1 Å². The van der Waals surface area contributed by atoms with Gasteiger partial charge in [-0.3, -0.25) is 4.79 Å². The van der Waals surface area contributed by atoms with Crippen molar-refractivity contribution in [1.82, 2.24) is 14.9 Å². The van der Waals surface area contributed by atoms with Gasteiger partial charge < -0.3 is 14.6 Å². The van der Waals surface area contributed by atoms with Crippen molar-refractivity contribution < 1.29 is 9.53 Å². The Labute approximate surface area is 142 Å². The number of aromatic nitrogens is 2. The average molecular weight is 325 g/mol. The molecule has 2 aliphatic rings. The van der Waals surface area contributed by atoms with E-state index in [1.165, 1.54) is 5.69 Å². The molecule has 0 saturated heterocycles. The molecule has 4 rings (SSSR count). The van der Waals surface area contributed by atoms with Crippen molar-refractivity contribution in [3.05, 3.63) is 47.5 Å². The largest absolute Gasteiger partial charge is 0.497 e. The number of rotatable bonds is 3. The highest BCUT2D eigenvalue weighted by Crippen LogP contribution is 2.49. The van der Waals surface area contributed by atoms with Gasteiger partial charge in [0.1, 0.15) is 5.75 Å². The van der Waals surface area contributed by atoms with Gasteiger partial charge in [0.2, 0.25) is 5.91 Å². The number of imidazole rings is 1. The second-order valence-corrected chi connectivity index (χ2v) is 6.85. The Bertz CT molecular complexity index is 763. The van der Waals surface area contributed by atoms with Gasteiger partial charge in [0.15, 0.2) is 0 Å². The molecule has 1 saturated carbocycles. The highest BCUT2D eigenvalue weighted by Gasteiger charge is 2.51. The van der Waals surface area contributed by atoms with E-state index in [1.54, 1.807) is 13.4 Å². The Morgan fingerprint density at radius 3 is 2.96 bits per heavy atom. The van der Waals surface area contributed by atoms with E-state index >= 15 is 0 Å². The van der Waals surface area contributed by atoms with Crippen LogP contribution < -0.4 is 4.74 Å². The number of ether oxygens (including phenoxy) is 1. The molecule has 1 aromatic heterocycles. The van der Waals surface area contributed by atoms with E-state index in [2.05, 4.69) is 14.9 Å². The molecular weight excluding hydrogens is 302 g/mol. The molecule has 1 spiro atoms. The first-order chi connectivity index (χ1) is 11.7. The maximum atomic E-state index is 13.3. The lowest BCUT2D eigenvalue weighted by Gasteiger charge is -2.52. The Kier molecular flexibility index (Phi) is 3.59. The zero-order chi connectivity index (χ0) is 16.7. The second-order valence-electron chi connectivity index (χ2n) is 6.85. The van der Waals surface area contributed by atoms with Crippen LogP contribution in [-0.4, -0.2) is 34.4 Å². The fourth-order valence-corrected chi connectivity index (χ4v) is 4.10. The summed E-state index contributed by atoms with van der Waals surface area (Å²) in [5, 5.41) is 0. The lowest BCUT2D eigenvalue weighted by Crippen LogP contribution is -2.58. The number of fused-ring (bicyclic) bond motifs is 2. The van der Waals surface area contributed by atoms with Gasteiger partial charge >= 0.3 is 0 Å². The van der Waals surface area contributed by atoms with Crippen LogP contribution in [0.2, 0.25) is 0 Å². The zero-order valence-electron chi connectivity index (χ0n) is 14.2. The van der Waals surface area contributed by atoms with Gasteiger partial charge in [-0.2, -0.15) is 0 Å². The van der Waals surface area contributed by atoms with E-state index in [0.717, 1.165) is 49.2 Å². The molecule has 1 fully saturated rings. The summed E-state index contributed by atoms with van der Waals surface area (Å²) in [6.45, 7) is 2.76. The summed E-state index contributed by atoms with van der Waals surface area (Å²) in [7, 11) is 1.65. The standard InChI is InChI=1S/C19H23N3O2/c1-13(14-5-3-6-15(11-14)24-2)18(23)22-10-7-16-17(21-12-20-16)19(22)8-4-9-19/h3,5-6,11-13H,4,7-10H2,1-2H3,(H,20,21). The number of benzene rings is 1. The summed E-state index contributed by atoms with van der Waals surface area (Å²) in [6.07, 6.45) is 5.81. The number of carbonyl (C=O) groups is 1. The molecule has 1 aromatic carbocycles. The third-order valence-electron chi connectivity index (χ3n) is 5.67. The minimum absolute atomic E-state index is 0.182. The van der Waals surface area contributed by atoms with Gasteiger partial charge in [0.05, 0.1) is 30.6 Å². The van der Waals surface area contributed by atoms with Crippen molar-refractivity contribution >= 4 is 5.91 Å². The van der Waals surface area contributed by atoms with Crippen LogP contribution in [0.4, 0.5) is 0 Å². The van der Waals surface area contributed by atoms with Gasteiger partial charge in [-0.25, -0.2) is 4.98 Å². The fraction of sp³-hybridized carbons (Fsp3) is 0.474. The number of carbonyl (C=O) groups excluding carboxylic acids is 1. The third kappa shape index (κ3) is 2.14. The quantitative estimate of drug-likeness (QED) is 0.944. The van der Waals surface area contributed by atoms with Crippen LogP contribution in [0, 0.1) is 0 Å². The van der Waals surface area contributed by atoms with Crippen molar-refractivity contribution in [2.24, 2.45) is 0 Å². The van der Waals surface area contributed by atoms with Crippen LogP contribution in [-0.2, 0) is 16.8 Å². The summed E-state index contributed by atoms with van der Waals surface area (Å²) in [5.74, 6) is 0.799. The summed E-state index contributed by atoms with van der Waals surface area (Å²) in [5.41, 5.74) is 3.11. The molecule has 1 aliphatic heterocycles. The minimum atomic E-state index is -0.183. The molecule has 1 atom stereocenters. The number of hydrogen-bond donors (Lipinski definition) is 1. The summed E-state index contributed by atoms with van der Waals surface area (Å²) in [4.78, 5) is 23.2. The van der Waals surface area contributed by atoms with E-state index in [-0.39, 0.29) is 17.4 Å². The van der Waals surface area contributed by atoms with E-state index in [9.17, 15) is 4.79 Å². The van der Waals surface area contributed by atoms with Crippen LogP contribution in [0.25, 0.3) is 0 Å². The van der Waals surface area contributed by atoms with Crippen LogP contribution in [0.1, 0.15) is 49.1 Å². The minimum Gasteiger partial charge on any atom is -0.497 e. The van der Waals surface area contributed by atoms with Gasteiger partial charge in [0, 0.05) is 18.7 Å². The number of H-pyrrole nitrogens is 1. The van der Waals surface area contributed by atoms with E-state index in [4.69, 9.17) is 4.74 Å². The smallest absolute Gasteiger partial charge is 0.230 e. The average Bonchev–Trinajstić information content (AvgIpc) is 3.07. The van der Waals surface area contributed by atoms with Crippen molar-refractivity contribution in [2.75, 3.05) is 13.7 Å². The Balaban J connectivity index is 1.64. The maximum absolute atomic E-state index is 13.3. The first-order valence-corrected chi connectivity index (χ1v) is 8.64. The molecule has 2 heterocycles. The molecule has 1 aliphatic carbocycles. The van der Waals surface area contributed by atoms with Crippen LogP contribution in [0.3, 0.4) is 0 Å². The molecule has 24 heavy (non-hydrogen) atoms. The fourth-order valence-electron chi connectivity index (χ4n) is 4.10. The molecule has 126 valence electrons. The Morgan fingerprint density at radius 2 is 2.25 bits per heavy atom. The highest BCUT2D eigenvalue weighted by molar-refractivity contribution is 5.84.